The number of rotatable bonds is 3. The highest BCUT2D eigenvalue weighted by atomic mass is 16.2. The summed E-state index contributed by atoms with van der Waals surface area (Å²) in [6.07, 6.45) is 2.91. The molecule has 0 saturated heterocycles. The first kappa shape index (κ1) is 12.2. The van der Waals surface area contributed by atoms with E-state index in [-0.39, 0.29) is 18.4 Å². The molecule has 1 aromatic carbocycles. The molecule has 1 aliphatic rings. The molecule has 1 aliphatic heterocycles. The minimum Gasteiger partial charge on any atom is -0.307 e. The highest BCUT2D eigenvalue weighted by Crippen LogP contribution is 2.23. The van der Waals surface area contributed by atoms with Crippen LogP contribution in [-0.4, -0.2) is 26.7 Å². The molecule has 2 amide bonds. The summed E-state index contributed by atoms with van der Waals surface area (Å²) in [5.41, 5.74) is 3.71. The van der Waals surface area contributed by atoms with E-state index < -0.39 is 0 Å². The van der Waals surface area contributed by atoms with Crippen molar-refractivity contribution in [1.29, 1.82) is 0 Å². The molecule has 0 saturated carbocycles. The molecule has 0 unspecified atom stereocenters. The van der Waals surface area contributed by atoms with Gasteiger partial charge in [-0.25, -0.2) is 10.8 Å². The fourth-order valence-corrected chi connectivity index (χ4v) is 2.06. The number of hydrogen-bond acceptors (Lipinski definition) is 6. The number of aromatic nitrogens is 2. The third kappa shape index (κ3) is 1.90. The van der Waals surface area contributed by atoms with Crippen molar-refractivity contribution >= 4 is 17.6 Å². The van der Waals surface area contributed by atoms with E-state index in [0.29, 0.717) is 22.6 Å². The molecule has 2 heterocycles. The first-order chi connectivity index (χ1) is 9.70. The van der Waals surface area contributed by atoms with Crippen molar-refractivity contribution in [2.24, 2.45) is 5.84 Å². The largest absolute Gasteiger partial charge is 0.307 e. The van der Waals surface area contributed by atoms with E-state index in [4.69, 9.17) is 5.84 Å². The highest BCUT2D eigenvalue weighted by Gasteiger charge is 2.35. The lowest BCUT2D eigenvalue weighted by atomic mass is 10.1. The number of nitrogens with two attached hydrogens (primary N) is 1. The molecule has 0 aliphatic carbocycles. The van der Waals surface area contributed by atoms with E-state index in [1.807, 2.05) is 0 Å². The Kier molecular flexibility index (Phi) is 2.88. The Bertz CT molecular complexity index is 648. The number of hydrazine groups is 1. The summed E-state index contributed by atoms with van der Waals surface area (Å²) in [6.45, 7) is 0.0875. The fraction of sp³-hybridized carbons (Fsp3) is 0.0769. The molecule has 3 rings (SSSR count). The molecule has 0 radical (unpaired) electrons. The Hall–Kier alpha value is -2.80. The third-order valence-electron chi connectivity index (χ3n) is 3.05. The second kappa shape index (κ2) is 4.71. The van der Waals surface area contributed by atoms with Crippen LogP contribution in [-0.2, 0) is 6.54 Å². The Morgan fingerprint density at radius 2 is 1.70 bits per heavy atom. The number of carbonyl (C=O) groups excluding carboxylic acids is 2. The summed E-state index contributed by atoms with van der Waals surface area (Å²) in [6, 6.07) is 6.75. The van der Waals surface area contributed by atoms with Crippen LogP contribution in [0.2, 0.25) is 0 Å². The van der Waals surface area contributed by atoms with Crippen LogP contribution in [0, 0.1) is 0 Å². The Labute approximate surface area is 114 Å². The molecular weight excluding hydrogens is 258 g/mol. The number of fused-ring (bicyclic) bond motifs is 1. The number of amides is 2. The molecular formula is C13H11N5O2. The highest BCUT2D eigenvalue weighted by molar-refractivity contribution is 6.21. The number of anilines is 1. The topological polar surface area (TPSA) is 101 Å². The van der Waals surface area contributed by atoms with E-state index in [1.54, 1.807) is 24.3 Å². The van der Waals surface area contributed by atoms with Gasteiger partial charge in [-0.2, -0.15) is 0 Å². The number of benzene rings is 1. The van der Waals surface area contributed by atoms with E-state index in [2.05, 4.69) is 15.4 Å². The van der Waals surface area contributed by atoms with E-state index in [9.17, 15) is 9.59 Å². The van der Waals surface area contributed by atoms with Gasteiger partial charge in [-0.1, -0.05) is 12.1 Å². The number of carbonyl (C=O) groups is 2. The van der Waals surface area contributed by atoms with Crippen LogP contribution in [0.4, 0.5) is 5.82 Å². The fourth-order valence-electron chi connectivity index (χ4n) is 2.06. The molecule has 1 aromatic heterocycles. The van der Waals surface area contributed by atoms with E-state index in [0.717, 1.165) is 4.90 Å². The van der Waals surface area contributed by atoms with Gasteiger partial charge >= 0.3 is 0 Å². The maximum absolute atomic E-state index is 12.2. The van der Waals surface area contributed by atoms with Crippen molar-refractivity contribution in [3.8, 4) is 0 Å². The Morgan fingerprint density at radius 1 is 1.05 bits per heavy atom. The summed E-state index contributed by atoms with van der Waals surface area (Å²) >= 11 is 0. The third-order valence-corrected chi connectivity index (χ3v) is 3.05. The summed E-state index contributed by atoms with van der Waals surface area (Å²) in [4.78, 5) is 33.6. The number of nitrogens with zero attached hydrogens (tertiary/aromatic N) is 3. The first-order valence-electron chi connectivity index (χ1n) is 5.93. The summed E-state index contributed by atoms with van der Waals surface area (Å²) in [7, 11) is 0. The zero-order chi connectivity index (χ0) is 14.1. The Balaban J connectivity index is 1.85. The number of nitrogens with one attached hydrogen (secondary N) is 1. The van der Waals surface area contributed by atoms with Gasteiger partial charge in [-0.15, -0.1) is 0 Å². The maximum Gasteiger partial charge on any atom is 0.261 e. The minimum absolute atomic E-state index is 0.0875. The van der Waals surface area contributed by atoms with Crippen molar-refractivity contribution in [1.82, 2.24) is 14.9 Å². The number of imide groups is 1. The van der Waals surface area contributed by atoms with Crippen molar-refractivity contribution < 1.29 is 9.59 Å². The second-order valence-corrected chi connectivity index (χ2v) is 4.28. The van der Waals surface area contributed by atoms with Gasteiger partial charge in [-0.05, 0) is 12.1 Å². The monoisotopic (exact) mass is 269 g/mol. The second-order valence-electron chi connectivity index (χ2n) is 4.28. The molecule has 0 spiro atoms. The quantitative estimate of drug-likeness (QED) is 0.479. The summed E-state index contributed by atoms with van der Waals surface area (Å²) in [5, 5.41) is 0. The Morgan fingerprint density at radius 3 is 2.20 bits per heavy atom. The van der Waals surface area contributed by atoms with Gasteiger partial charge < -0.3 is 5.43 Å². The average molecular weight is 269 g/mol. The lowest BCUT2D eigenvalue weighted by Crippen LogP contribution is -2.29. The van der Waals surface area contributed by atoms with Gasteiger partial charge in [0.2, 0.25) is 0 Å². The van der Waals surface area contributed by atoms with Crippen LogP contribution in [0.5, 0.6) is 0 Å². The van der Waals surface area contributed by atoms with Crippen LogP contribution >= 0.6 is 0 Å². The minimum atomic E-state index is -0.312. The summed E-state index contributed by atoms with van der Waals surface area (Å²) in [5.74, 6) is 4.98. The average Bonchev–Trinajstić information content (AvgIpc) is 2.74. The molecule has 7 nitrogen and oxygen atoms in total. The molecule has 0 fully saturated rings. The van der Waals surface area contributed by atoms with Crippen molar-refractivity contribution in [3.05, 3.63) is 53.5 Å². The normalized spacial score (nSPS) is 13.6. The van der Waals surface area contributed by atoms with Crippen LogP contribution in [0.3, 0.4) is 0 Å². The predicted octanol–water partition coefficient (Wildman–Crippen LogP) is 0.558. The van der Waals surface area contributed by atoms with Crippen LogP contribution in [0.25, 0.3) is 0 Å². The molecule has 20 heavy (non-hydrogen) atoms. The van der Waals surface area contributed by atoms with Crippen molar-refractivity contribution in [3.63, 3.8) is 0 Å². The van der Waals surface area contributed by atoms with Gasteiger partial charge in [-0.3, -0.25) is 19.5 Å². The predicted molar refractivity (Wildman–Crippen MR) is 70.5 cm³/mol. The van der Waals surface area contributed by atoms with Gasteiger partial charge in [0.05, 0.1) is 35.8 Å². The van der Waals surface area contributed by atoms with Gasteiger partial charge in [0.15, 0.2) is 5.82 Å². The standard InChI is InChI=1S/C13H11N5O2/c14-17-11-6-15-8(5-16-11)7-18-12(19)9-3-1-2-4-10(9)13(18)20/h1-6H,7,14H2,(H,16,17). The van der Waals surface area contributed by atoms with Crippen molar-refractivity contribution in [2.45, 2.75) is 6.54 Å². The molecule has 3 N–H and O–H groups in total. The zero-order valence-electron chi connectivity index (χ0n) is 10.4. The lowest BCUT2D eigenvalue weighted by Gasteiger charge is -2.12. The van der Waals surface area contributed by atoms with E-state index in [1.165, 1.54) is 12.4 Å². The van der Waals surface area contributed by atoms with Crippen molar-refractivity contribution in [2.75, 3.05) is 5.43 Å². The smallest absolute Gasteiger partial charge is 0.261 e. The molecule has 0 bridgehead atoms. The molecule has 100 valence electrons. The number of nitrogen functional groups attached to an aromatic ring is 1. The zero-order valence-corrected chi connectivity index (χ0v) is 10.4. The first-order valence-corrected chi connectivity index (χ1v) is 5.93. The van der Waals surface area contributed by atoms with E-state index >= 15 is 0 Å². The molecule has 2 aromatic rings. The summed E-state index contributed by atoms with van der Waals surface area (Å²) < 4.78 is 0. The SMILES string of the molecule is NNc1cnc(CN2C(=O)c3ccccc3C2=O)cn1. The molecule has 0 atom stereocenters. The van der Waals surface area contributed by atoms with Gasteiger partial charge in [0.25, 0.3) is 11.8 Å². The van der Waals surface area contributed by atoms with Gasteiger partial charge in [0.1, 0.15) is 0 Å². The van der Waals surface area contributed by atoms with Crippen LogP contribution in [0.15, 0.2) is 36.7 Å². The molecule has 7 heteroatoms. The van der Waals surface area contributed by atoms with Crippen LogP contribution in [0.1, 0.15) is 26.4 Å². The number of hydrogen-bond donors (Lipinski definition) is 2. The van der Waals surface area contributed by atoms with Gasteiger partial charge in [0, 0.05) is 0 Å². The van der Waals surface area contributed by atoms with Crippen LogP contribution < -0.4 is 11.3 Å². The maximum atomic E-state index is 12.2. The lowest BCUT2D eigenvalue weighted by molar-refractivity contribution is 0.0640.